The molecule has 0 aromatic heterocycles. The van der Waals surface area contributed by atoms with Crippen molar-refractivity contribution < 1.29 is 19.0 Å². The van der Waals surface area contributed by atoms with E-state index < -0.39 is 0 Å². The smallest absolute Gasteiger partial charge is 0.266 e. The minimum atomic E-state index is -0.0682. The fourth-order valence-corrected chi connectivity index (χ4v) is 4.23. The van der Waals surface area contributed by atoms with Crippen molar-refractivity contribution in [1.29, 1.82) is 0 Å². The maximum absolute atomic E-state index is 12.8. The number of thiocarbonyl (C=S) groups is 1. The standard InChI is InChI=1S/C22H23NO4S2/c1-4-27-18-10-7-16(13-19(18)26-3)14-20-21(24)23(22(28)29-20)12-11-15-5-8-17(25-2)9-6-15/h5-10,13-14H,4,11-12H2,1-3H3/b20-14-. The minimum absolute atomic E-state index is 0.0682. The van der Waals surface area contributed by atoms with E-state index in [4.69, 9.17) is 26.4 Å². The summed E-state index contributed by atoms with van der Waals surface area (Å²) in [7, 11) is 3.24. The molecule has 0 atom stereocenters. The van der Waals surface area contributed by atoms with Crippen LogP contribution in [0, 0.1) is 0 Å². The van der Waals surface area contributed by atoms with Crippen LogP contribution in [0.25, 0.3) is 6.08 Å². The lowest BCUT2D eigenvalue weighted by atomic mass is 10.1. The highest BCUT2D eigenvalue weighted by Crippen LogP contribution is 2.34. The average molecular weight is 430 g/mol. The molecule has 5 nitrogen and oxygen atoms in total. The number of carbonyl (C=O) groups is 1. The van der Waals surface area contributed by atoms with Gasteiger partial charge in [0.05, 0.1) is 25.7 Å². The van der Waals surface area contributed by atoms with Crippen LogP contribution >= 0.6 is 24.0 Å². The van der Waals surface area contributed by atoms with Gasteiger partial charge in [0.25, 0.3) is 5.91 Å². The van der Waals surface area contributed by atoms with Crippen LogP contribution in [0.4, 0.5) is 0 Å². The Morgan fingerprint density at radius 3 is 2.48 bits per heavy atom. The summed E-state index contributed by atoms with van der Waals surface area (Å²) < 4.78 is 16.7. The van der Waals surface area contributed by atoms with Crippen molar-refractivity contribution in [1.82, 2.24) is 4.90 Å². The Balaban J connectivity index is 1.70. The van der Waals surface area contributed by atoms with Crippen molar-refractivity contribution in [2.24, 2.45) is 0 Å². The molecule has 0 bridgehead atoms. The summed E-state index contributed by atoms with van der Waals surface area (Å²) >= 11 is 6.75. The number of amides is 1. The van der Waals surface area contributed by atoms with Crippen LogP contribution in [-0.2, 0) is 11.2 Å². The maximum Gasteiger partial charge on any atom is 0.266 e. The van der Waals surface area contributed by atoms with Gasteiger partial charge in [0.15, 0.2) is 11.5 Å². The number of carbonyl (C=O) groups excluding carboxylic acids is 1. The van der Waals surface area contributed by atoms with E-state index in [0.717, 1.165) is 23.3 Å². The molecular weight excluding hydrogens is 406 g/mol. The summed E-state index contributed by atoms with van der Waals surface area (Å²) in [4.78, 5) is 15.1. The number of hydrogen-bond donors (Lipinski definition) is 0. The normalized spacial score (nSPS) is 15.1. The highest BCUT2D eigenvalue weighted by molar-refractivity contribution is 8.26. The molecule has 152 valence electrons. The van der Waals surface area contributed by atoms with Gasteiger partial charge in [-0.2, -0.15) is 0 Å². The van der Waals surface area contributed by atoms with Crippen molar-refractivity contribution in [2.75, 3.05) is 27.4 Å². The van der Waals surface area contributed by atoms with Gasteiger partial charge in [0.2, 0.25) is 0 Å². The van der Waals surface area contributed by atoms with Crippen LogP contribution in [-0.4, -0.2) is 42.5 Å². The number of methoxy groups -OCH3 is 2. The first-order valence-electron chi connectivity index (χ1n) is 9.24. The summed E-state index contributed by atoms with van der Waals surface area (Å²) in [6, 6.07) is 13.4. The van der Waals surface area contributed by atoms with E-state index in [2.05, 4.69) is 0 Å². The summed E-state index contributed by atoms with van der Waals surface area (Å²) in [6.07, 6.45) is 2.56. The Hall–Kier alpha value is -2.51. The van der Waals surface area contributed by atoms with E-state index in [-0.39, 0.29) is 5.91 Å². The molecule has 0 N–H and O–H groups in total. The number of ether oxygens (including phenoxy) is 3. The fraction of sp³-hybridized carbons (Fsp3) is 0.273. The van der Waals surface area contributed by atoms with Gasteiger partial charge >= 0.3 is 0 Å². The zero-order chi connectivity index (χ0) is 20.8. The predicted molar refractivity (Wildman–Crippen MR) is 121 cm³/mol. The largest absolute Gasteiger partial charge is 0.497 e. The molecule has 7 heteroatoms. The van der Waals surface area contributed by atoms with Crippen molar-refractivity contribution in [3.05, 3.63) is 58.5 Å². The Morgan fingerprint density at radius 1 is 1.07 bits per heavy atom. The van der Waals surface area contributed by atoms with Crippen LogP contribution in [0.5, 0.6) is 17.2 Å². The fourth-order valence-electron chi connectivity index (χ4n) is 2.93. The van der Waals surface area contributed by atoms with Gasteiger partial charge < -0.3 is 14.2 Å². The molecule has 1 saturated heterocycles. The van der Waals surface area contributed by atoms with Crippen LogP contribution in [0.3, 0.4) is 0 Å². The number of nitrogens with zero attached hydrogens (tertiary/aromatic N) is 1. The number of thioether (sulfide) groups is 1. The van der Waals surface area contributed by atoms with Gasteiger partial charge in [-0.1, -0.05) is 42.2 Å². The van der Waals surface area contributed by atoms with Crippen LogP contribution in [0.2, 0.25) is 0 Å². The third kappa shape index (κ3) is 5.10. The van der Waals surface area contributed by atoms with E-state index in [1.54, 1.807) is 19.1 Å². The van der Waals surface area contributed by atoms with Crippen LogP contribution in [0.15, 0.2) is 47.4 Å². The van der Waals surface area contributed by atoms with E-state index in [1.807, 2.05) is 55.5 Å². The lowest BCUT2D eigenvalue weighted by Gasteiger charge is -2.14. The first-order chi connectivity index (χ1) is 14.0. The first-order valence-corrected chi connectivity index (χ1v) is 10.5. The zero-order valence-corrected chi connectivity index (χ0v) is 18.3. The van der Waals surface area contributed by atoms with Crippen molar-refractivity contribution >= 4 is 40.3 Å². The Morgan fingerprint density at radius 2 is 1.83 bits per heavy atom. The molecule has 1 aliphatic heterocycles. The molecule has 0 unspecified atom stereocenters. The molecule has 3 rings (SSSR count). The summed E-state index contributed by atoms with van der Waals surface area (Å²) in [5.41, 5.74) is 1.99. The summed E-state index contributed by atoms with van der Waals surface area (Å²) in [5.74, 6) is 2.06. The molecule has 1 fully saturated rings. The highest BCUT2D eigenvalue weighted by atomic mass is 32.2. The number of benzene rings is 2. The van der Waals surface area contributed by atoms with E-state index >= 15 is 0 Å². The third-order valence-electron chi connectivity index (χ3n) is 4.44. The van der Waals surface area contributed by atoms with Crippen molar-refractivity contribution in [3.63, 3.8) is 0 Å². The Labute approximate surface area is 180 Å². The van der Waals surface area contributed by atoms with E-state index in [1.165, 1.54) is 11.8 Å². The average Bonchev–Trinajstić information content (AvgIpc) is 3.00. The lowest BCUT2D eigenvalue weighted by molar-refractivity contribution is -0.122. The Bertz CT molecular complexity index is 925. The van der Waals surface area contributed by atoms with Gasteiger partial charge in [0.1, 0.15) is 10.1 Å². The molecule has 2 aromatic carbocycles. The van der Waals surface area contributed by atoms with Crippen LogP contribution in [0.1, 0.15) is 18.1 Å². The Kier molecular flexibility index (Phi) is 7.17. The second-order valence-electron chi connectivity index (χ2n) is 6.27. The van der Waals surface area contributed by atoms with Gasteiger partial charge in [-0.15, -0.1) is 0 Å². The first kappa shape index (κ1) is 21.2. The molecule has 29 heavy (non-hydrogen) atoms. The second kappa shape index (κ2) is 9.80. The van der Waals surface area contributed by atoms with Gasteiger partial charge in [0, 0.05) is 6.54 Å². The topological polar surface area (TPSA) is 48.0 Å². The molecule has 2 aromatic rings. The van der Waals surface area contributed by atoms with Crippen molar-refractivity contribution in [2.45, 2.75) is 13.3 Å². The molecule has 0 aliphatic carbocycles. The third-order valence-corrected chi connectivity index (χ3v) is 5.82. The monoisotopic (exact) mass is 429 g/mol. The number of rotatable bonds is 8. The van der Waals surface area contributed by atoms with Gasteiger partial charge in [-0.25, -0.2) is 0 Å². The van der Waals surface area contributed by atoms with Gasteiger partial charge in [-0.3, -0.25) is 9.69 Å². The molecule has 1 aliphatic rings. The zero-order valence-electron chi connectivity index (χ0n) is 16.6. The number of hydrogen-bond acceptors (Lipinski definition) is 6. The van der Waals surface area contributed by atoms with Crippen LogP contribution < -0.4 is 14.2 Å². The molecule has 0 saturated carbocycles. The second-order valence-corrected chi connectivity index (χ2v) is 7.95. The minimum Gasteiger partial charge on any atom is -0.497 e. The summed E-state index contributed by atoms with van der Waals surface area (Å²) in [5, 5.41) is 0. The van der Waals surface area contributed by atoms with Crippen molar-refractivity contribution in [3.8, 4) is 17.2 Å². The predicted octanol–water partition coefficient (Wildman–Crippen LogP) is 4.55. The molecule has 1 amide bonds. The SMILES string of the molecule is CCOc1ccc(/C=C2\SC(=S)N(CCc3ccc(OC)cc3)C2=O)cc1OC. The molecule has 1 heterocycles. The molecule has 0 spiro atoms. The quantitative estimate of drug-likeness (QED) is 0.453. The van der Waals surface area contributed by atoms with Gasteiger partial charge in [-0.05, 0) is 54.8 Å². The lowest BCUT2D eigenvalue weighted by Crippen LogP contribution is -2.30. The molecular formula is C22H23NO4S2. The highest BCUT2D eigenvalue weighted by Gasteiger charge is 2.31. The summed E-state index contributed by atoms with van der Waals surface area (Å²) in [6.45, 7) is 3.02. The van der Waals surface area contributed by atoms with E-state index in [9.17, 15) is 4.79 Å². The van der Waals surface area contributed by atoms with E-state index in [0.29, 0.717) is 33.9 Å². The molecule has 0 radical (unpaired) electrons. The maximum atomic E-state index is 12.8.